The largest absolute Gasteiger partial charge is 0.480 e. The number of rotatable bonds is 6. The van der Waals surface area contributed by atoms with Crippen LogP contribution in [0, 0.1) is 5.41 Å². The zero-order valence-electron chi connectivity index (χ0n) is 12.6. The SMILES string of the molecule is CN1CCC(C)(CNC(=O)N(CC(N)=O)CC(=O)O)CC1. The molecule has 0 spiro atoms. The number of carbonyl (C=O) groups is 3. The summed E-state index contributed by atoms with van der Waals surface area (Å²) in [4.78, 5) is 36.8. The molecule has 0 bridgehead atoms. The summed E-state index contributed by atoms with van der Waals surface area (Å²) in [6.07, 6.45) is 1.91. The molecule has 8 heteroatoms. The van der Waals surface area contributed by atoms with Crippen LogP contribution in [-0.2, 0) is 9.59 Å². The summed E-state index contributed by atoms with van der Waals surface area (Å²) in [5.41, 5.74) is 5.02. The van der Waals surface area contributed by atoms with Crippen molar-refractivity contribution in [2.24, 2.45) is 11.1 Å². The van der Waals surface area contributed by atoms with E-state index in [0.717, 1.165) is 30.8 Å². The van der Waals surface area contributed by atoms with Crippen LogP contribution in [0.5, 0.6) is 0 Å². The Morgan fingerprint density at radius 2 is 1.86 bits per heavy atom. The maximum Gasteiger partial charge on any atom is 0.323 e. The van der Waals surface area contributed by atoms with Gasteiger partial charge in [0.1, 0.15) is 13.1 Å². The van der Waals surface area contributed by atoms with Gasteiger partial charge in [-0.2, -0.15) is 0 Å². The minimum absolute atomic E-state index is 0.0101. The van der Waals surface area contributed by atoms with Crippen LogP contribution in [-0.4, -0.2) is 72.6 Å². The zero-order valence-corrected chi connectivity index (χ0v) is 12.6. The van der Waals surface area contributed by atoms with Gasteiger partial charge in [0.15, 0.2) is 0 Å². The topological polar surface area (TPSA) is 116 Å². The van der Waals surface area contributed by atoms with Crippen molar-refractivity contribution in [3.63, 3.8) is 0 Å². The van der Waals surface area contributed by atoms with Crippen molar-refractivity contribution in [1.29, 1.82) is 0 Å². The molecule has 1 fully saturated rings. The molecule has 0 aromatic rings. The first-order chi connectivity index (χ1) is 9.72. The molecule has 0 unspecified atom stereocenters. The zero-order chi connectivity index (χ0) is 16.0. The molecule has 0 aromatic carbocycles. The number of hydrogen-bond acceptors (Lipinski definition) is 4. The molecular weight excluding hydrogens is 276 g/mol. The van der Waals surface area contributed by atoms with Crippen molar-refractivity contribution in [2.45, 2.75) is 19.8 Å². The van der Waals surface area contributed by atoms with Crippen molar-refractivity contribution in [2.75, 3.05) is 39.8 Å². The maximum atomic E-state index is 12.0. The third-order valence-electron chi connectivity index (χ3n) is 3.82. The molecule has 3 amide bonds. The summed E-state index contributed by atoms with van der Waals surface area (Å²) in [6, 6.07) is -0.573. The second kappa shape index (κ2) is 7.26. The number of carboxylic acid groups (broad SMARTS) is 1. The molecule has 4 N–H and O–H groups in total. The van der Waals surface area contributed by atoms with Crippen LogP contribution < -0.4 is 11.1 Å². The smallest absolute Gasteiger partial charge is 0.323 e. The molecule has 21 heavy (non-hydrogen) atoms. The van der Waals surface area contributed by atoms with Gasteiger partial charge < -0.3 is 26.0 Å². The molecule has 1 aliphatic rings. The fourth-order valence-corrected chi connectivity index (χ4v) is 2.29. The van der Waals surface area contributed by atoms with Gasteiger partial charge in [0.05, 0.1) is 0 Å². The predicted molar refractivity (Wildman–Crippen MR) is 76.6 cm³/mol. The summed E-state index contributed by atoms with van der Waals surface area (Å²) < 4.78 is 0. The first kappa shape index (κ1) is 17.2. The molecule has 1 rings (SSSR count). The first-order valence-electron chi connectivity index (χ1n) is 6.93. The summed E-state index contributed by atoms with van der Waals surface area (Å²) >= 11 is 0. The summed E-state index contributed by atoms with van der Waals surface area (Å²) in [5, 5.41) is 11.5. The van der Waals surface area contributed by atoms with Crippen LogP contribution in [0.4, 0.5) is 4.79 Å². The van der Waals surface area contributed by atoms with E-state index in [1.165, 1.54) is 0 Å². The van der Waals surface area contributed by atoms with E-state index in [1.807, 2.05) is 0 Å². The van der Waals surface area contributed by atoms with Crippen molar-refractivity contribution in [3.05, 3.63) is 0 Å². The highest BCUT2D eigenvalue weighted by molar-refractivity contribution is 5.85. The summed E-state index contributed by atoms with van der Waals surface area (Å²) in [6.45, 7) is 3.52. The van der Waals surface area contributed by atoms with Crippen LogP contribution in [0.15, 0.2) is 0 Å². The van der Waals surface area contributed by atoms with Gasteiger partial charge in [-0.05, 0) is 38.4 Å². The second-order valence-electron chi connectivity index (χ2n) is 5.99. The molecule has 8 nitrogen and oxygen atoms in total. The highest BCUT2D eigenvalue weighted by Gasteiger charge is 2.30. The third-order valence-corrected chi connectivity index (χ3v) is 3.82. The number of aliphatic carboxylic acids is 1. The van der Waals surface area contributed by atoms with Gasteiger partial charge in [0.25, 0.3) is 0 Å². The lowest BCUT2D eigenvalue weighted by Gasteiger charge is -2.38. The number of carboxylic acids is 1. The van der Waals surface area contributed by atoms with E-state index in [9.17, 15) is 14.4 Å². The van der Waals surface area contributed by atoms with Crippen LogP contribution in [0.3, 0.4) is 0 Å². The predicted octanol–water partition coefficient (Wildman–Crippen LogP) is -0.700. The van der Waals surface area contributed by atoms with E-state index in [4.69, 9.17) is 10.8 Å². The fraction of sp³-hybridized carbons (Fsp3) is 0.769. The number of primary amides is 1. The van der Waals surface area contributed by atoms with Crippen LogP contribution in [0.1, 0.15) is 19.8 Å². The highest BCUT2D eigenvalue weighted by atomic mass is 16.4. The molecule has 1 heterocycles. The Morgan fingerprint density at radius 1 is 1.29 bits per heavy atom. The van der Waals surface area contributed by atoms with Crippen molar-refractivity contribution >= 4 is 17.9 Å². The molecule has 120 valence electrons. The number of carbonyl (C=O) groups excluding carboxylic acids is 2. The standard InChI is InChI=1S/C13H24N4O4/c1-13(3-5-16(2)6-4-13)9-15-12(21)17(7-10(14)18)8-11(19)20/h3-9H2,1-2H3,(H2,14,18)(H,15,21)(H,19,20). The third kappa shape index (κ3) is 5.99. The Balaban J connectivity index is 2.52. The fourth-order valence-electron chi connectivity index (χ4n) is 2.29. The Hall–Kier alpha value is -1.83. The number of piperidine rings is 1. The first-order valence-corrected chi connectivity index (χ1v) is 6.93. The Bertz CT molecular complexity index is 389. The van der Waals surface area contributed by atoms with E-state index >= 15 is 0 Å². The summed E-state index contributed by atoms with van der Waals surface area (Å²) in [5.74, 6) is -1.92. The van der Waals surface area contributed by atoms with Crippen LogP contribution in [0.2, 0.25) is 0 Å². The van der Waals surface area contributed by atoms with Gasteiger partial charge in [-0.25, -0.2) is 4.79 Å². The number of hydrogen-bond donors (Lipinski definition) is 3. The number of amides is 3. The molecule has 0 radical (unpaired) electrons. The lowest BCUT2D eigenvalue weighted by atomic mass is 9.80. The van der Waals surface area contributed by atoms with Gasteiger partial charge in [-0.3, -0.25) is 9.59 Å². The van der Waals surface area contributed by atoms with E-state index in [1.54, 1.807) is 0 Å². The Kier molecular flexibility index (Phi) is 5.95. The normalized spacial score (nSPS) is 18.0. The monoisotopic (exact) mass is 300 g/mol. The van der Waals surface area contributed by atoms with Gasteiger partial charge in [0, 0.05) is 6.54 Å². The van der Waals surface area contributed by atoms with Crippen molar-refractivity contribution in [1.82, 2.24) is 15.1 Å². The van der Waals surface area contributed by atoms with Crippen LogP contribution >= 0.6 is 0 Å². The van der Waals surface area contributed by atoms with Gasteiger partial charge in [0.2, 0.25) is 5.91 Å². The van der Waals surface area contributed by atoms with E-state index in [0.29, 0.717) is 6.54 Å². The lowest BCUT2D eigenvalue weighted by Crippen LogP contribution is -2.50. The molecule has 1 saturated heterocycles. The van der Waals surface area contributed by atoms with E-state index < -0.39 is 31.0 Å². The number of nitrogens with one attached hydrogen (secondary N) is 1. The molecule has 0 aliphatic carbocycles. The van der Waals surface area contributed by atoms with Crippen LogP contribution in [0.25, 0.3) is 0 Å². The van der Waals surface area contributed by atoms with E-state index in [-0.39, 0.29) is 5.41 Å². The quantitative estimate of drug-likeness (QED) is 0.600. The molecular formula is C13H24N4O4. The van der Waals surface area contributed by atoms with Crippen molar-refractivity contribution in [3.8, 4) is 0 Å². The maximum absolute atomic E-state index is 12.0. The molecule has 0 aromatic heterocycles. The Morgan fingerprint density at radius 3 is 2.33 bits per heavy atom. The number of nitrogens with two attached hydrogens (primary N) is 1. The summed E-state index contributed by atoms with van der Waals surface area (Å²) in [7, 11) is 2.06. The Labute approximate surface area is 124 Å². The average molecular weight is 300 g/mol. The lowest BCUT2D eigenvalue weighted by molar-refractivity contribution is -0.137. The van der Waals surface area contributed by atoms with E-state index in [2.05, 4.69) is 24.2 Å². The van der Waals surface area contributed by atoms with Gasteiger partial charge >= 0.3 is 12.0 Å². The molecule has 0 saturated carbocycles. The van der Waals surface area contributed by atoms with Gasteiger partial charge in [-0.15, -0.1) is 0 Å². The van der Waals surface area contributed by atoms with Crippen molar-refractivity contribution < 1.29 is 19.5 Å². The number of urea groups is 1. The minimum Gasteiger partial charge on any atom is -0.480 e. The van der Waals surface area contributed by atoms with Gasteiger partial charge in [-0.1, -0.05) is 6.92 Å². The molecule has 0 atom stereocenters. The minimum atomic E-state index is -1.18. The number of likely N-dealkylation sites (tertiary alicyclic amines) is 1. The second-order valence-corrected chi connectivity index (χ2v) is 5.99. The molecule has 1 aliphatic heterocycles. The highest BCUT2D eigenvalue weighted by Crippen LogP contribution is 2.29. The number of nitrogens with zero attached hydrogens (tertiary/aromatic N) is 2. The average Bonchev–Trinajstić information content (AvgIpc) is 2.38.